The molecule has 0 amide bonds. The van der Waals surface area contributed by atoms with Gasteiger partial charge in [0.15, 0.2) is 5.13 Å². The molecule has 1 aromatic heterocycles. The highest BCUT2D eigenvalue weighted by Crippen LogP contribution is 2.45. The second-order valence-corrected chi connectivity index (χ2v) is 9.50. The lowest BCUT2D eigenvalue weighted by molar-refractivity contribution is -0.149. The summed E-state index contributed by atoms with van der Waals surface area (Å²) in [5, 5.41) is 9.33. The van der Waals surface area contributed by atoms with Crippen LogP contribution in [0.1, 0.15) is 25.3 Å². The third-order valence-electron chi connectivity index (χ3n) is 6.37. The maximum Gasteiger partial charge on any atom is 0.336 e. The summed E-state index contributed by atoms with van der Waals surface area (Å²) < 4.78 is 15.7. The molecular weight excluding hydrogens is 478 g/mol. The molecule has 0 saturated carbocycles. The molecule has 36 heavy (non-hydrogen) atoms. The van der Waals surface area contributed by atoms with Crippen LogP contribution in [0.2, 0.25) is 0 Å². The fourth-order valence-electron chi connectivity index (χ4n) is 4.75. The third-order valence-corrected chi connectivity index (χ3v) is 7.13. The van der Waals surface area contributed by atoms with Gasteiger partial charge in [0.25, 0.3) is 0 Å². The van der Waals surface area contributed by atoms with E-state index in [2.05, 4.69) is 10.6 Å². The first kappa shape index (κ1) is 25.2. The van der Waals surface area contributed by atoms with Crippen LogP contribution in [0, 0.1) is 5.92 Å². The number of benzene rings is 2. The van der Waals surface area contributed by atoms with Crippen LogP contribution in [0.25, 0.3) is 11.3 Å². The predicted octanol–water partition coefficient (Wildman–Crippen LogP) is 4.57. The van der Waals surface area contributed by atoms with Crippen molar-refractivity contribution >= 4 is 28.4 Å². The van der Waals surface area contributed by atoms with Crippen LogP contribution in [0.15, 0.2) is 71.2 Å². The topological polar surface area (TPSA) is 98.8 Å². The smallest absolute Gasteiger partial charge is 0.336 e. The van der Waals surface area contributed by atoms with Gasteiger partial charge < -0.3 is 24.8 Å². The molecule has 0 radical (unpaired) electrons. The molecule has 0 spiro atoms. The second-order valence-electron chi connectivity index (χ2n) is 8.64. The van der Waals surface area contributed by atoms with Gasteiger partial charge in [-0.1, -0.05) is 42.5 Å². The van der Waals surface area contributed by atoms with E-state index in [1.807, 2.05) is 66.9 Å². The zero-order valence-corrected chi connectivity index (χ0v) is 21.6. The molecule has 2 N–H and O–H groups in total. The highest BCUT2D eigenvalue weighted by Gasteiger charge is 2.52. The molecule has 188 valence electrons. The lowest BCUT2D eigenvalue weighted by atomic mass is 9.71. The summed E-state index contributed by atoms with van der Waals surface area (Å²) in [4.78, 5) is 31.0. The summed E-state index contributed by atoms with van der Waals surface area (Å²) in [5.74, 6) is -1.65. The van der Waals surface area contributed by atoms with Gasteiger partial charge >= 0.3 is 11.9 Å². The number of aromatic nitrogens is 1. The second kappa shape index (κ2) is 10.4. The van der Waals surface area contributed by atoms with Crippen molar-refractivity contribution in [1.29, 1.82) is 0 Å². The maximum absolute atomic E-state index is 13.3. The maximum atomic E-state index is 13.3. The largest absolute Gasteiger partial charge is 0.497 e. The fraction of sp³-hybridized carbons (Fsp3) is 0.296. The van der Waals surface area contributed by atoms with Crippen molar-refractivity contribution in [2.75, 3.05) is 26.6 Å². The van der Waals surface area contributed by atoms with E-state index < -0.39 is 29.4 Å². The van der Waals surface area contributed by atoms with E-state index in [-0.39, 0.29) is 0 Å². The molecule has 0 aliphatic carbocycles. The predicted molar refractivity (Wildman–Crippen MR) is 139 cm³/mol. The third kappa shape index (κ3) is 4.79. The van der Waals surface area contributed by atoms with Crippen LogP contribution in [-0.4, -0.2) is 43.9 Å². The molecule has 3 unspecified atom stereocenters. The quantitative estimate of drug-likeness (QED) is 0.449. The molecule has 1 aliphatic heterocycles. The molecule has 2 heterocycles. The van der Waals surface area contributed by atoms with Crippen LogP contribution >= 0.6 is 11.3 Å². The summed E-state index contributed by atoms with van der Waals surface area (Å²) in [6, 6.07) is 17.1. The Bertz CT molecular complexity index is 1290. The van der Waals surface area contributed by atoms with Gasteiger partial charge in [0, 0.05) is 22.6 Å². The molecule has 1 aliphatic rings. The van der Waals surface area contributed by atoms with Gasteiger partial charge in [0.2, 0.25) is 0 Å². The van der Waals surface area contributed by atoms with Crippen molar-refractivity contribution in [3.63, 3.8) is 0 Å². The molecule has 9 heteroatoms. The molecule has 8 nitrogen and oxygen atoms in total. The van der Waals surface area contributed by atoms with E-state index in [0.29, 0.717) is 16.4 Å². The minimum atomic E-state index is -1.03. The van der Waals surface area contributed by atoms with E-state index in [4.69, 9.17) is 19.2 Å². The van der Waals surface area contributed by atoms with Gasteiger partial charge in [0.05, 0.1) is 32.6 Å². The number of nitrogens with one attached hydrogen (secondary N) is 2. The minimum Gasteiger partial charge on any atom is -0.497 e. The molecule has 2 aromatic carbocycles. The average molecular weight is 508 g/mol. The SMILES string of the molecule is COC(=O)C1=C(C)NC(C)(Nc2nc(-c3cccc(OC)c3)cs2)C(C(=O)OC)C1c1ccccc1. The summed E-state index contributed by atoms with van der Waals surface area (Å²) in [7, 11) is 4.30. The lowest BCUT2D eigenvalue weighted by Crippen LogP contribution is -2.62. The highest BCUT2D eigenvalue weighted by molar-refractivity contribution is 7.14. The molecule has 3 atom stereocenters. The Hall–Kier alpha value is -3.85. The van der Waals surface area contributed by atoms with Crippen molar-refractivity contribution in [1.82, 2.24) is 10.3 Å². The summed E-state index contributed by atoms with van der Waals surface area (Å²) in [6.45, 7) is 3.67. The monoisotopic (exact) mass is 507 g/mol. The Morgan fingerprint density at radius 1 is 1.06 bits per heavy atom. The van der Waals surface area contributed by atoms with Crippen LogP contribution in [-0.2, 0) is 19.1 Å². The number of allylic oxidation sites excluding steroid dienone is 1. The number of methoxy groups -OCH3 is 3. The first-order valence-electron chi connectivity index (χ1n) is 11.4. The molecule has 0 saturated heterocycles. The number of ether oxygens (including phenoxy) is 3. The summed E-state index contributed by atoms with van der Waals surface area (Å²) in [5.41, 5.74) is 2.45. The zero-order valence-electron chi connectivity index (χ0n) is 20.8. The standard InChI is InChI=1S/C27H29N3O5S/c1-16-21(24(31)34-4)22(17-10-7-6-8-11-17)23(25(32)35-5)27(2,29-16)30-26-28-20(15-36-26)18-12-9-13-19(14-18)33-3/h6-15,22-23,29H,1-5H3,(H,28,30). The van der Waals surface area contributed by atoms with Gasteiger partial charge in [-0.3, -0.25) is 4.79 Å². The molecule has 0 fully saturated rings. The Kier molecular flexibility index (Phi) is 7.30. The van der Waals surface area contributed by atoms with Crippen molar-refractivity contribution < 1.29 is 23.8 Å². The molecule has 3 aromatic rings. The van der Waals surface area contributed by atoms with E-state index in [0.717, 1.165) is 22.6 Å². The Balaban J connectivity index is 1.78. The van der Waals surface area contributed by atoms with E-state index in [1.165, 1.54) is 25.6 Å². The van der Waals surface area contributed by atoms with E-state index >= 15 is 0 Å². The first-order valence-corrected chi connectivity index (χ1v) is 12.3. The van der Waals surface area contributed by atoms with Crippen molar-refractivity contribution in [3.8, 4) is 17.0 Å². The van der Waals surface area contributed by atoms with Crippen LogP contribution in [0.3, 0.4) is 0 Å². The number of carbonyl (C=O) groups is 2. The van der Waals surface area contributed by atoms with Crippen LogP contribution < -0.4 is 15.4 Å². The number of hydrogen-bond donors (Lipinski definition) is 2. The van der Waals surface area contributed by atoms with E-state index in [9.17, 15) is 9.59 Å². The number of esters is 2. The number of nitrogens with zero attached hydrogens (tertiary/aromatic N) is 1. The summed E-state index contributed by atoms with van der Waals surface area (Å²) >= 11 is 1.42. The number of anilines is 1. The lowest BCUT2D eigenvalue weighted by Gasteiger charge is -2.46. The van der Waals surface area contributed by atoms with Gasteiger partial charge in [-0.05, 0) is 31.5 Å². The minimum absolute atomic E-state index is 0.384. The van der Waals surface area contributed by atoms with Crippen molar-refractivity contribution in [3.05, 3.63) is 76.8 Å². The van der Waals surface area contributed by atoms with Crippen LogP contribution in [0.5, 0.6) is 5.75 Å². The highest BCUT2D eigenvalue weighted by atomic mass is 32.1. The normalized spacial score (nSPS) is 21.4. The number of carbonyl (C=O) groups excluding carboxylic acids is 2. The number of hydrogen-bond acceptors (Lipinski definition) is 9. The van der Waals surface area contributed by atoms with Gasteiger partial charge in [0.1, 0.15) is 17.3 Å². The number of thiazole rings is 1. The molecule has 0 bridgehead atoms. The zero-order chi connectivity index (χ0) is 25.9. The van der Waals surface area contributed by atoms with Crippen molar-refractivity contribution in [2.45, 2.75) is 25.4 Å². The molecule has 4 rings (SSSR count). The Morgan fingerprint density at radius 3 is 2.47 bits per heavy atom. The number of rotatable bonds is 7. The van der Waals surface area contributed by atoms with Gasteiger partial charge in [-0.2, -0.15) is 0 Å². The molecular formula is C27H29N3O5S. The Morgan fingerprint density at radius 2 is 1.81 bits per heavy atom. The first-order chi connectivity index (χ1) is 17.3. The van der Waals surface area contributed by atoms with Crippen molar-refractivity contribution in [2.24, 2.45) is 5.92 Å². The average Bonchev–Trinajstić information content (AvgIpc) is 3.35. The summed E-state index contributed by atoms with van der Waals surface area (Å²) in [6.07, 6.45) is 0. The van der Waals surface area contributed by atoms with Crippen LogP contribution in [0.4, 0.5) is 5.13 Å². The fourth-order valence-corrected chi connectivity index (χ4v) is 5.59. The van der Waals surface area contributed by atoms with E-state index in [1.54, 1.807) is 14.0 Å². The Labute approximate surface area is 214 Å². The van der Waals surface area contributed by atoms with Gasteiger partial charge in [-0.15, -0.1) is 11.3 Å². The van der Waals surface area contributed by atoms with Gasteiger partial charge in [-0.25, -0.2) is 9.78 Å².